The van der Waals surface area contributed by atoms with Gasteiger partial charge in [-0.3, -0.25) is 13.7 Å². The summed E-state index contributed by atoms with van der Waals surface area (Å²) in [5.41, 5.74) is 15.8. The average molecular weight is 1080 g/mol. The third-order valence-corrected chi connectivity index (χ3v) is 17.2. The number of rotatable bonds is 12. The lowest BCUT2D eigenvalue weighted by atomic mass is 9.73. The van der Waals surface area contributed by atoms with Crippen LogP contribution in [0, 0.1) is 6.33 Å². The van der Waals surface area contributed by atoms with E-state index in [1.165, 1.54) is 55.9 Å². The summed E-state index contributed by atoms with van der Waals surface area (Å²) in [6.45, 7) is 34.9. The van der Waals surface area contributed by atoms with Crippen LogP contribution in [0.4, 0.5) is 0 Å². The van der Waals surface area contributed by atoms with E-state index < -0.39 is 5.41 Å². The highest BCUT2D eigenvalue weighted by Gasteiger charge is 2.37. The fourth-order valence-electron chi connectivity index (χ4n) is 12.1. The number of nitrogens with zero attached hydrogens (tertiary/aromatic N) is 4. The van der Waals surface area contributed by atoms with Crippen molar-refractivity contribution in [2.45, 2.75) is 136 Å². The molecule has 3 heterocycles. The van der Waals surface area contributed by atoms with Crippen LogP contribution >= 0.6 is 0 Å². The third-order valence-electron chi connectivity index (χ3n) is 17.2. The van der Waals surface area contributed by atoms with E-state index in [1.807, 2.05) is 6.20 Å². The summed E-state index contributed by atoms with van der Waals surface area (Å²) in [7, 11) is 0. The molecule has 0 aliphatic carbocycles. The minimum absolute atomic E-state index is 0.0656. The Kier molecular flexibility index (Phi) is 14.0. The zero-order valence-corrected chi connectivity index (χ0v) is 50.9. The Morgan fingerprint density at radius 3 is 1.45 bits per heavy atom. The van der Waals surface area contributed by atoms with Gasteiger partial charge in [0, 0.05) is 39.3 Å². The average Bonchev–Trinajstić information content (AvgIpc) is 2.39. The quantitative estimate of drug-likeness (QED) is 0.0903. The van der Waals surface area contributed by atoms with E-state index in [0.717, 1.165) is 56.1 Å². The smallest absolute Gasteiger partial charge is 0.269 e. The Balaban J connectivity index is 1.14. The molecule has 0 aliphatic heterocycles. The van der Waals surface area contributed by atoms with Crippen LogP contribution in [0.15, 0.2) is 212 Å². The molecule has 11 aromatic rings. The molecule has 0 saturated carbocycles. The van der Waals surface area contributed by atoms with Crippen molar-refractivity contribution in [2.75, 3.05) is 0 Å². The molecule has 414 valence electrons. The van der Waals surface area contributed by atoms with Crippen molar-refractivity contribution in [3.05, 3.63) is 269 Å². The maximum absolute atomic E-state index is 7.32. The molecule has 3 aromatic heterocycles. The highest BCUT2D eigenvalue weighted by atomic mass is 16.5. The van der Waals surface area contributed by atoms with E-state index in [1.54, 1.807) is 0 Å². The van der Waals surface area contributed by atoms with Crippen molar-refractivity contribution in [3.63, 3.8) is 0 Å². The summed E-state index contributed by atoms with van der Waals surface area (Å²) < 4.78 is 14.3. The van der Waals surface area contributed by atoms with E-state index in [4.69, 9.17) is 9.72 Å². The SMILES string of the molecule is CC(C)(C)c1ccnc(-n2c3ccc(-c4ccccc4)cc3c3ccc(Oc4cc(-n5[c-][n+](-c6cc(C(C)(C)c7ccccc7)cc(C(C)(C)c7ccccc7)c6)c(C(C)(C)C)c5C(C)(C)C)cc(C(C)(C)c5ccccc5)c4)cc32)c1. The summed E-state index contributed by atoms with van der Waals surface area (Å²) in [5, 5.41) is 2.29. The number of benzene rings is 8. The first-order valence-corrected chi connectivity index (χ1v) is 29.2. The first-order valence-electron chi connectivity index (χ1n) is 29.2. The first-order chi connectivity index (χ1) is 38.8. The molecule has 0 unspecified atom stereocenters. The van der Waals surface area contributed by atoms with Crippen molar-refractivity contribution in [1.82, 2.24) is 14.1 Å². The van der Waals surface area contributed by atoms with Crippen LogP contribution in [0.3, 0.4) is 0 Å². The summed E-state index contributed by atoms with van der Waals surface area (Å²) in [4.78, 5) is 5.05. The molecule has 0 aliphatic rings. The van der Waals surface area contributed by atoms with Gasteiger partial charge in [-0.15, -0.1) is 0 Å². The highest BCUT2D eigenvalue weighted by molar-refractivity contribution is 6.10. The van der Waals surface area contributed by atoms with Crippen molar-refractivity contribution in [3.8, 4) is 39.8 Å². The lowest BCUT2D eigenvalue weighted by Crippen LogP contribution is -2.41. The van der Waals surface area contributed by atoms with Gasteiger partial charge < -0.3 is 4.74 Å². The van der Waals surface area contributed by atoms with Crippen molar-refractivity contribution in [1.29, 1.82) is 0 Å². The van der Waals surface area contributed by atoms with Crippen LogP contribution in [0.2, 0.25) is 0 Å². The maximum Gasteiger partial charge on any atom is 0.269 e. The van der Waals surface area contributed by atoms with Gasteiger partial charge in [0.2, 0.25) is 0 Å². The van der Waals surface area contributed by atoms with E-state index >= 15 is 0 Å². The van der Waals surface area contributed by atoms with Gasteiger partial charge in [0.05, 0.1) is 33.8 Å². The van der Waals surface area contributed by atoms with Crippen LogP contribution in [0.1, 0.15) is 154 Å². The number of ether oxygens (including phenoxy) is 1. The topological polar surface area (TPSA) is 35.9 Å². The molecule has 8 aromatic carbocycles. The third kappa shape index (κ3) is 10.4. The van der Waals surface area contributed by atoms with Gasteiger partial charge in [0.1, 0.15) is 17.3 Å². The molecule has 5 heteroatoms. The van der Waals surface area contributed by atoms with E-state index in [0.29, 0.717) is 0 Å². The molecular formula is C77H80N4O. The highest BCUT2D eigenvalue weighted by Crippen LogP contribution is 2.44. The van der Waals surface area contributed by atoms with Crippen LogP contribution in [-0.2, 0) is 32.5 Å². The number of pyridine rings is 1. The fourth-order valence-corrected chi connectivity index (χ4v) is 12.1. The molecule has 0 atom stereocenters. The largest absolute Gasteiger partial charge is 0.458 e. The minimum atomic E-state index is -0.404. The lowest BCUT2D eigenvalue weighted by molar-refractivity contribution is -0.611. The van der Waals surface area contributed by atoms with Crippen molar-refractivity contribution >= 4 is 21.8 Å². The molecule has 0 N–H and O–H groups in total. The molecule has 0 fully saturated rings. The Bertz CT molecular complexity index is 4050. The van der Waals surface area contributed by atoms with Gasteiger partial charge >= 0.3 is 0 Å². The minimum Gasteiger partial charge on any atom is -0.458 e. The van der Waals surface area contributed by atoms with Crippen LogP contribution in [0.25, 0.3) is 50.1 Å². The zero-order chi connectivity index (χ0) is 58.1. The standard InChI is InChI=1S/C77H80N4O/c1-72(2,3)57-40-41-78-69(48-57)81-67-39-36-53(52-28-20-16-21-29-52)42-66(67)65-38-37-63(50-68(65)81)82-64-47-60(77(14,15)56-34-26-19-27-35-56)46-62(49-64)80-51-79(70(73(4,5)6)71(80)74(7,8)9)61-44-58(75(10,11)54-30-22-17-23-31-54)43-59(45-61)76(12,13)55-32-24-18-25-33-55/h16-50H,1-15H3. The summed E-state index contributed by atoms with van der Waals surface area (Å²) >= 11 is 0. The summed E-state index contributed by atoms with van der Waals surface area (Å²) in [6.07, 6.45) is 6.05. The predicted octanol–water partition coefficient (Wildman–Crippen LogP) is 19.4. The van der Waals surface area contributed by atoms with E-state index in [9.17, 15) is 0 Å². The fraction of sp³-hybridized carbons (Fsp3) is 0.273. The number of hydrogen-bond acceptors (Lipinski definition) is 2. The maximum atomic E-state index is 7.32. The van der Waals surface area contributed by atoms with Gasteiger partial charge in [-0.05, 0) is 133 Å². The van der Waals surface area contributed by atoms with Gasteiger partial charge in [0.15, 0.2) is 0 Å². The molecule has 0 spiro atoms. The molecule has 11 rings (SSSR count). The second-order valence-corrected chi connectivity index (χ2v) is 27.3. The Labute approximate surface area is 488 Å². The van der Waals surface area contributed by atoms with Crippen LogP contribution in [0.5, 0.6) is 11.5 Å². The molecule has 5 nitrogen and oxygen atoms in total. The number of imidazole rings is 1. The number of hydrogen-bond donors (Lipinski definition) is 0. The lowest BCUT2D eigenvalue weighted by Gasteiger charge is -2.33. The molecule has 0 radical (unpaired) electrons. The molecule has 82 heavy (non-hydrogen) atoms. The van der Waals surface area contributed by atoms with E-state index in [-0.39, 0.29) is 27.1 Å². The van der Waals surface area contributed by atoms with Crippen LogP contribution < -0.4 is 9.30 Å². The first kappa shape index (κ1) is 55.6. The monoisotopic (exact) mass is 1080 g/mol. The van der Waals surface area contributed by atoms with Gasteiger partial charge in [-0.2, -0.15) is 0 Å². The van der Waals surface area contributed by atoms with Crippen LogP contribution in [-0.4, -0.2) is 14.1 Å². The molecule has 0 saturated heterocycles. The summed E-state index contributed by atoms with van der Waals surface area (Å²) in [5.74, 6) is 2.34. The van der Waals surface area contributed by atoms with Crippen molar-refractivity contribution < 1.29 is 9.30 Å². The number of aromatic nitrogens is 4. The Hall–Kier alpha value is -8.28. The second kappa shape index (κ2) is 20.6. The molecule has 0 bridgehead atoms. The molecule has 0 amide bonds. The van der Waals surface area contributed by atoms with Gasteiger partial charge in [0.25, 0.3) is 6.33 Å². The zero-order valence-electron chi connectivity index (χ0n) is 50.9. The second-order valence-electron chi connectivity index (χ2n) is 27.3. The Morgan fingerprint density at radius 2 is 0.927 bits per heavy atom. The summed E-state index contributed by atoms with van der Waals surface area (Å²) in [6, 6.07) is 75.1. The number of fused-ring (bicyclic) bond motifs is 3. The normalized spacial score (nSPS) is 12.8. The predicted molar refractivity (Wildman–Crippen MR) is 342 cm³/mol. The van der Waals surface area contributed by atoms with Gasteiger partial charge in [-0.25, -0.2) is 4.98 Å². The van der Waals surface area contributed by atoms with Gasteiger partial charge in [-0.1, -0.05) is 237 Å². The molecular weight excluding hydrogens is 997 g/mol. The Morgan fingerprint density at radius 1 is 0.390 bits per heavy atom. The van der Waals surface area contributed by atoms with Crippen molar-refractivity contribution in [2.24, 2.45) is 0 Å². The van der Waals surface area contributed by atoms with E-state index in [2.05, 4.69) is 330 Å².